The van der Waals surface area contributed by atoms with E-state index in [1.807, 2.05) is 0 Å². The fourth-order valence-corrected chi connectivity index (χ4v) is 2.99. The fourth-order valence-electron chi connectivity index (χ4n) is 2.57. The van der Waals surface area contributed by atoms with Crippen LogP contribution in [0.5, 0.6) is 0 Å². The topological polar surface area (TPSA) is 83.0 Å². The van der Waals surface area contributed by atoms with E-state index >= 15 is 0 Å². The van der Waals surface area contributed by atoms with Crippen LogP contribution in [0.15, 0.2) is 4.99 Å². The highest BCUT2D eigenvalue weighted by atomic mass is 32.2. The fraction of sp³-hybridized carbons (Fsp3) is 0.938. The summed E-state index contributed by atoms with van der Waals surface area (Å²) in [6.45, 7) is 8.10. The van der Waals surface area contributed by atoms with Gasteiger partial charge in [-0.25, -0.2) is 8.42 Å². The minimum absolute atomic E-state index is 0.0647. The van der Waals surface area contributed by atoms with Crippen molar-refractivity contribution in [2.75, 3.05) is 65.0 Å². The van der Waals surface area contributed by atoms with Crippen LogP contribution < -0.4 is 10.6 Å². The van der Waals surface area contributed by atoms with Gasteiger partial charge in [-0.2, -0.15) is 0 Å². The summed E-state index contributed by atoms with van der Waals surface area (Å²) in [7, 11) is -1.20. The van der Waals surface area contributed by atoms with Crippen molar-refractivity contribution < 1.29 is 13.2 Å². The molecule has 0 aliphatic carbocycles. The number of hydrogen-bond acceptors (Lipinski definition) is 5. The predicted octanol–water partition coefficient (Wildman–Crippen LogP) is 0.335. The van der Waals surface area contributed by atoms with Gasteiger partial charge in [-0.3, -0.25) is 4.99 Å². The highest BCUT2D eigenvalue weighted by Crippen LogP contribution is 2.15. The zero-order valence-corrected chi connectivity index (χ0v) is 16.2. The lowest BCUT2D eigenvalue weighted by molar-refractivity contribution is 0.154. The van der Waals surface area contributed by atoms with E-state index in [1.165, 1.54) is 32.2 Å². The van der Waals surface area contributed by atoms with Crippen molar-refractivity contribution in [2.24, 2.45) is 10.9 Å². The molecule has 1 heterocycles. The highest BCUT2D eigenvalue weighted by Gasteiger charge is 2.14. The Hall–Kier alpha value is -0.860. The average molecular weight is 363 g/mol. The molecule has 8 heteroatoms. The molecular formula is C16H34N4O3S. The summed E-state index contributed by atoms with van der Waals surface area (Å²) in [5.41, 5.74) is 0. The zero-order valence-electron chi connectivity index (χ0n) is 15.4. The minimum atomic E-state index is -2.95. The van der Waals surface area contributed by atoms with Gasteiger partial charge < -0.3 is 20.3 Å². The summed E-state index contributed by atoms with van der Waals surface area (Å²) in [6.07, 6.45) is 4.94. The second-order valence-corrected chi connectivity index (χ2v) is 8.81. The van der Waals surface area contributed by atoms with Crippen molar-refractivity contribution in [3.63, 3.8) is 0 Å². The molecule has 0 aromatic heterocycles. The van der Waals surface area contributed by atoms with Crippen LogP contribution in [0, 0.1) is 5.92 Å². The van der Waals surface area contributed by atoms with Crippen LogP contribution in [0.4, 0.5) is 0 Å². The van der Waals surface area contributed by atoms with E-state index in [0.29, 0.717) is 13.2 Å². The summed E-state index contributed by atoms with van der Waals surface area (Å²) in [6, 6.07) is 0. The van der Waals surface area contributed by atoms with Crippen molar-refractivity contribution in [1.29, 1.82) is 0 Å². The summed E-state index contributed by atoms with van der Waals surface area (Å²) in [4.78, 5) is 6.70. The lowest BCUT2D eigenvalue weighted by atomic mass is 9.99. The quantitative estimate of drug-likeness (QED) is 0.331. The Labute approximate surface area is 147 Å². The molecule has 0 amide bonds. The van der Waals surface area contributed by atoms with E-state index in [0.717, 1.165) is 31.4 Å². The number of likely N-dealkylation sites (tertiary alicyclic amines) is 1. The highest BCUT2D eigenvalue weighted by molar-refractivity contribution is 7.90. The Balaban J connectivity index is 2.00. The standard InChI is InChI=1S/C16H34N4O3S/c1-15-5-10-20(11-6-15)9-4-7-18-16(17-2)19-8-12-23-13-14-24(3,21)22/h15H,4-14H2,1-3H3,(H2,17,18,19). The number of rotatable bonds is 10. The first-order chi connectivity index (χ1) is 11.4. The molecule has 1 saturated heterocycles. The second-order valence-electron chi connectivity index (χ2n) is 6.55. The van der Waals surface area contributed by atoms with Crippen molar-refractivity contribution in [1.82, 2.24) is 15.5 Å². The molecule has 1 aliphatic heterocycles. The number of ether oxygens (including phenoxy) is 1. The van der Waals surface area contributed by atoms with E-state index in [1.54, 1.807) is 7.05 Å². The van der Waals surface area contributed by atoms with Gasteiger partial charge in [0, 0.05) is 26.4 Å². The van der Waals surface area contributed by atoms with Gasteiger partial charge in [0.2, 0.25) is 0 Å². The molecule has 2 N–H and O–H groups in total. The van der Waals surface area contributed by atoms with Gasteiger partial charge in [-0.1, -0.05) is 6.92 Å². The molecule has 0 unspecified atom stereocenters. The average Bonchev–Trinajstić information content (AvgIpc) is 2.53. The van der Waals surface area contributed by atoms with Gasteiger partial charge in [0.1, 0.15) is 9.84 Å². The third-order valence-electron chi connectivity index (χ3n) is 4.18. The molecule has 0 atom stereocenters. The van der Waals surface area contributed by atoms with E-state index in [9.17, 15) is 8.42 Å². The number of nitrogens with zero attached hydrogens (tertiary/aromatic N) is 2. The first-order valence-corrected chi connectivity index (χ1v) is 10.9. The molecule has 1 rings (SSSR count). The van der Waals surface area contributed by atoms with Gasteiger partial charge in [0.05, 0.1) is 19.0 Å². The Morgan fingerprint density at radius 3 is 2.50 bits per heavy atom. The SMILES string of the molecule is CN=C(NCCCN1CCC(C)CC1)NCCOCCS(C)(=O)=O. The second kappa shape index (κ2) is 11.7. The molecule has 1 fully saturated rings. The Morgan fingerprint density at radius 2 is 1.88 bits per heavy atom. The number of guanidine groups is 1. The lowest BCUT2D eigenvalue weighted by Crippen LogP contribution is -2.41. The number of sulfone groups is 1. The Bertz CT molecular complexity index is 460. The molecular weight excluding hydrogens is 328 g/mol. The molecule has 0 radical (unpaired) electrons. The van der Waals surface area contributed by atoms with Crippen molar-refractivity contribution in [3.05, 3.63) is 0 Å². The van der Waals surface area contributed by atoms with Gasteiger partial charge >= 0.3 is 0 Å². The Kier molecular flexibility index (Phi) is 10.3. The van der Waals surface area contributed by atoms with Crippen LogP contribution in [-0.4, -0.2) is 84.3 Å². The van der Waals surface area contributed by atoms with Gasteiger partial charge in [0.25, 0.3) is 0 Å². The van der Waals surface area contributed by atoms with Crippen LogP contribution in [-0.2, 0) is 14.6 Å². The lowest BCUT2D eigenvalue weighted by Gasteiger charge is -2.30. The normalized spacial score (nSPS) is 17.9. The van der Waals surface area contributed by atoms with Crippen molar-refractivity contribution in [3.8, 4) is 0 Å². The third kappa shape index (κ3) is 10.8. The van der Waals surface area contributed by atoms with E-state index in [-0.39, 0.29) is 12.4 Å². The maximum Gasteiger partial charge on any atom is 0.191 e. The molecule has 142 valence electrons. The maximum atomic E-state index is 11.0. The first-order valence-electron chi connectivity index (χ1n) is 8.83. The van der Waals surface area contributed by atoms with E-state index < -0.39 is 9.84 Å². The summed E-state index contributed by atoms with van der Waals surface area (Å²) in [5, 5.41) is 6.46. The van der Waals surface area contributed by atoms with Gasteiger partial charge in [-0.05, 0) is 44.8 Å². The number of hydrogen-bond donors (Lipinski definition) is 2. The van der Waals surface area contributed by atoms with Crippen molar-refractivity contribution >= 4 is 15.8 Å². The molecule has 0 aromatic carbocycles. The first kappa shape index (κ1) is 21.2. The van der Waals surface area contributed by atoms with Crippen LogP contribution in [0.2, 0.25) is 0 Å². The largest absolute Gasteiger partial charge is 0.379 e. The molecule has 0 aromatic rings. The van der Waals surface area contributed by atoms with Gasteiger partial charge in [0.15, 0.2) is 5.96 Å². The van der Waals surface area contributed by atoms with Crippen LogP contribution in [0.1, 0.15) is 26.2 Å². The molecule has 7 nitrogen and oxygen atoms in total. The summed E-state index contributed by atoms with van der Waals surface area (Å²) < 4.78 is 27.2. The molecule has 0 saturated carbocycles. The Morgan fingerprint density at radius 1 is 1.21 bits per heavy atom. The van der Waals surface area contributed by atoms with Crippen molar-refractivity contribution in [2.45, 2.75) is 26.2 Å². The number of piperidine rings is 1. The third-order valence-corrected chi connectivity index (χ3v) is 5.09. The van der Waals surface area contributed by atoms with E-state index in [4.69, 9.17) is 4.74 Å². The predicted molar refractivity (Wildman–Crippen MR) is 99.3 cm³/mol. The number of nitrogens with one attached hydrogen (secondary N) is 2. The zero-order chi connectivity index (χ0) is 17.8. The molecule has 0 spiro atoms. The van der Waals surface area contributed by atoms with Crippen LogP contribution in [0.3, 0.4) is 0 Å². The van der Waals surface area contributed by atoms with E-state index in [2.05, 4.69) is 27.4 Å². The van der Waals surface area contributed by atoms with Crippen LogP contribution in [0.25, 0.3) is 0 Å². The summed E-state index contributed by atoms with van der Waals surface area (Å²) in [5.74, 6) is 1.70. The smallest absolute Gasteiger partial charge is 0.191 e. The monoisotopic (exact) mass is 362 g/mol. The molecule has 24 heavy (non-hydrogen) atoms. The van der Waals surface area contributed by atoms with Gasteiger partial charge in [-0.15, -0.1) is 0 Å². The maximum absolute atomic E-state index is 11.0. The summed E-state index contributed by atoms with van der Waals surface area (Å²) >= 11 is 0. The molecule has 1 aliphatic rings. The number of aliphatic imine (C=N–C) groups is 1. The minimum Gasteiger partial charge on any atom is -0.379 e. The molecule has 0 bridgehead atoms. The van der Waals surface area contributed by atoms with Crippen LogP contribution >= 0.6 is 0 Å².